The summed E-state index contributed by atoms with van der Waals surface area (Å²) in [6.07, 6.45) is 8.75. The molecule has 0 bridgehead atoms. The third-order valence-electron chi connectivity index (χ3n) is 5.20. The Hall–Kier alpha value is -0.610. The molecule has 0 aromatic heterocycles. The van der Waals surface area contributed by atoms with Crippen molar-refractivity contribution in [1.82, 2.24) is 4.90 Å². The van der Waals surface area contributed by atoms with E-state index in [0.717, 1.165) is 32.2 Å². The van der Waals surface area contributed by atoms with E-state index in [4.69, 9.17) is 0 Å². The molecule has 2 aliphatic rings. The van der Waals surface area contributed by atoms with Crippen molar-refractivity contribution in [3.63, 3.8) is 0 Å². The third-order valence-corrected chi connectivity index (χ3v) is 5.20. The van der Waals surface area contributed by atoms with Gasteiger partial charge in [0.15, 0.2) is 0 Å². The van der Waals surface area contributed by atoms with Crippen LogP contribution in [-0.4, -0.2) is 45.8 Å². The van der Waals surface area contributed by atoms with Crippen molar-refractivity contribution < 1.29 is 15.0 Å². The number of aliphatic carboxylic acids is 1. The van der Waals surface area contributed by atoms with Crippen LogP contribution in [0.25, 0.3) is 0 Å². The summed E-state index contributed by atoms with van der Waals surface area (Å²) in [6, 6.07) is 0. The van der Waals surface area contributed by atoms with Gasteiger partial charge in [-0.3, -0.25) is 9.69 Å². The Labute approximate surface area is 122 Å². The fourth-order valence-corrected chi connectivity index (χ4v) is 4.21. The molecule has 1 saturated carbocycles. The Bertz CT molecular complexity index is 328. The Morgan fingerprint density at radius 1 is 1.35 bits per heavy atom. The highest BCUT2D eigenvalue weighted by molar-refractivity contribution is 5.79. The molecule has 116 valence electrons. The summed E-state index contributed by atoms with van der Waals surface area (Å²) in [7, 11) is 0. The number of hydrogen-bond donors (Lipinski definition) is 2. The molecule has 2 fully saturated rings. The van der Waals surface area contributed by atoms with Crippen LogP contribution in [0.5, 0.6) is 0 Å². The smallest absolute Gasteiger partial charge is 0.324 e. The summed E-state index contributed by atoms with van der Waals surface area (Å²) < 4.78 is 0. The van der Waals surface area contributed by atoms with E-state index in [-0.39, 0.29) is 6.10 Å². The molecular formula is C16H29NO3. The van der Waals surface area contributed by atoms with E-state index in [9.17, 15) is 15.0 Å². The first kappa shape index (κ1) is 15.8. The second-order valence-corrected chi connectivity index (χ2v) is 6.68. The summed E-state index contributed by atoms with van der Waals surface area (Å²) in [5, 5.41) is 20.0. The van der Waals surface area contributed by atoms with Crippen LogP contribution in [0.4, 0.5) is 0 Å². The van der Waals surface area contributed by atoms with Crippen LogP contribution in [0, 0.1) is 5.92 Å². The molecule has 4 heteroatoms. The Balaban J connectivity index is 1.93. The molecule has 2 N–H and O–H groups in total. The van der Waals surface area contributed by atoms with Crippen LogP contribution in [0.1, 0.15) is 64.7 Å². The molecule has 0 aromatic rings. The average molecular weight is 283 g/mol. The molecule has 1 aliphatic heterocycles. The van der Waals surface area contributed by atoms with Crippen LogP contribution < -0.4 is 0 Å². The largest absolute Gasteiger partial charge is 0.480 e. The maximum atomic E-state index is 11.7. The van der Waals surface area contributed by atoms with Gasteiger partial charge in [0.25, 0.3) is 0 Å². The first-order valence-corrected chi connectivity index (χ1v) is 8.25. The van der Waals surface area contributed by atoms with Crippen molar-refractivity contribution in [2.24, 2.45) is 5.92 Å². The van der Waals surface area contributed by atoms with E-state index in [0.29, 0.717) is 18.9 Å². The topological polar surface area (TPSA) is 60.8 Å². The summed E-state index contributed by atoms with van der Waals surface area (Å²) in [5.74, 6) is -0.0528. The zero-order valence-corrected chi connectivity index (χ0v) is 12.7. The monoisotopic (exact) mass is 283 g/mol. The highest BCUT2D eigenvalue weighted by Gasteiger charge is 2.47. The van der Waals surface area contributed by atoms with Crippen molar-refractivity contribution >= 4 is 5.97 Å². The predicted octanol–water partition coefficient (Wildman–Crippen LogP) is 2.65. The van der Waals surface area contributed by atoms with Crippen molar-refractivity contribution in [3.8, 4) is 0 Å². The average Bonchev–Trinajstić information content (AvgIpc) is 3.01. The zero-order valence-electron chi connectivity index (χ0n) is 12.7. The minimum absolute atomic E-state index is 0.369. The van der Waals surface area contributed by atoms with Gasteiger partial charge in [-0.25, -0.2) is 0 Å². The van der Waals surface area contributed by atoms with E-state index in [1.165, 1.54) is 25.7 Å². The van der Waals surface area contributed by atoms with E-state index >= 15 is 0 Å². The Kier molecular flexibility index (Phi) is 5.44. The van der Waals surface area contributed by atoms with Gasteiger partial charge in [0, 0.05) is 6.54 Å². The number of likely N-dealkylation sites (tertiary alicyclic amines) is 1. The molecule has 2 rings (SSSR count). The summed E-state index contributed by atoms with van der Waals surface area (Å²) >= 11 is 0. The number of carboxylic acids is 1. The van der Waals surface area contributed by atoms with Gasteiger partial charge < -0.3 is 10.2 Å². The van der Waals surface area contributed by atoms with E-state index in [2.05, 4.69) is 0 Å². The SMILES string of the molecule is CCCC1(C(=O)O)CCCN1CC(O)CC1CCCC1. The standard InChI is InChI=1S/C16H29NO3/c1-2-8-16(15(19)20)9-5-10-17(16)12-14(18)11-13-6-3-4-7-13/h13-14,18H,2-12H2,1H3,(H,19,20). The van der Waals surface area contributed by atoms with Crippen LogP contribution in [0.3, 0.4) is 0 Å². The molecule has 20 heavy (non-hydrogen) atoms. The summed E-state index contributed by atoms with van der Waals surface area (Å²) in [5.41, 5.74) is -0.717. The molecule has 2 atom stereocenters. The minimum atomic E-state index is -0.717. The second kappa shape index (κ2) is 6.90. The lowest BCUT2D eigenvalue weighted by Gasteiger charge is -2.36. The molecule has 1 aliphatic carbocycles. The Morgan fingerprint density at radius 2 is 2.05 bits per heavy atom. The lowest BCUT2D eigenvalue weighted by molar-refractivity contribution is -0.151. The number of aliphatic hydroxyl groups is 1. The van der Waals surface area contributed by atoms with Crippen LogP contribution in [-0.2, 0) is 4.79 Å². The van der Waals surface area contributed by atoms with Crippen molar-refractivity contribution in [3.05, 3.63) is 0 Å². The number of nitrogens with zero attached hydrogens (tertiary/aromatic N) is 1. The molecule has 2 unspecified atom stereocenters. The lowest BCUT2D eigenvalue weighted by atomic mass is 9.90. The van der Waals surface area contributed by atoms with Gasteiger partial charge in [0.05, 0.1) is 6.10 Å². The minimum Gasteiger partial charge on any atom is -0.480 e. The normalized spacial score (nSPS) is 29.9. The van der Waals surface area contributed by atoms with E-state index in [1.54, 1.807) is 0 Å². The summed E-state index contributed by atoms with van der Waals surface area (Å²) in [6.45, 7) is 3.38. The molecule has 0 aromatic carbocycles. The van der Waals surface area contributed by atoms with Gasteiger partial charge in [-0.1, -0.05) is 39.0 Å². The van der Waals surface area contributed by atoms with Gasteiger partial charge in [-0.2, -0.15) is 0 Å². The van der Waals surface area contributed by atoms with Gasteiger partial charge in [-0.15, -0.1) is 0 Å². The number of aliphatic hydroxyl groups excluding tert-OH is 1. The molecule has 4 nitrogen and oxygen atoms in total. The number of hydrogen-bond acceptors (Lipinski definition) is 3. The first-order valence-electron chi connectivity index (χ1n) is 8.25. The highest BCUT2D eigenvalue weighted by atomic mass is 16.4. The van der Waals surface area contributed by atoms with Gasteiger partial charge in [0.2, 0.25) is 0 Å². The fourth-order valence-electron chi connectivity index (χ4n) is 4.21. The van der Waals surface area contributed by atoms with E-state index < -0.39 is 11.5 Å². The second-order valence-electron chi connectivity index (χ2n) is 6.68. The van der Waals surface area contributed by atoms with Crippen molar-refractivity contribution in [1.29, 1.82) is 0 Å². The maximum absolute atomic E-state index is 11.7. The first-order chi connectivity index (χ1) is 9.58. The van der Waals surface area contributed by atoms with Gasteiger partial charge in [0.1, 0.15) is 5.54 Å². The molecule has 0 amide bonds. The zero-order chi connectivity index (χ0) is 14.6. The number of β-amino-alcohol motifs (C(OH)–C–C–N with tert-alkyl or cyclic N) is 1. The maximum Gasteiger partial charge on any atom is 0.324 e. The third kappa shape index (κ3) is 3.34. The molecule has 1 heterocycles. The predicted molar refractivity (Wildman–Crippen MR) is 78.7 cm³/mol. The van der Waals surface area contributed by atoms with Gasteiger partial charge in [-0.05, 0) is 38.1 Å². The number of carboxylic acid groups (broad SMARTS) is 1. The van der Waals surface area contributed by atoms with Crippen molar-refractivity contribution in [2.45, 2.75) is 76.4 Å². The number of carbonyl (C=O) groups is 1. The van der Waals surface area contributed by atoms with Crippen LogP contribution in [0.15, 0.2) is 0 Å². The quantitative estimate of drug-likeness (QED) is 0.754. The van der Waals surface area contributed by atoms with Gasteiger partial charge >= 0.3 is 5.97 Å². The lowest BCUT2D eigenvalue weighted by Crippen LogP contribution is -2.52. The van der Waals surface area contributed by atoms with Crippen LogP contribution >= 0.6 is 0 Å². The Morgan fingerprint density at radius 3 is 2.65 bits per heavy atom. The number of rotatable bonds is 7. The molecule has 0 spiro atoms. The highest BCUT2D eigenvalue weighted by Crippen LogP contribution is 2.35. The van der Waals surface area contributed by atoms with Crippen molar-refractivity contribution in [2.75, 3.05) is 13.1 Å². The molecular weight excluding hydrogens is 254 g/mol. The molecule has 1 saturated heterocycles. The summed E-state index contributed by atoms with van der Waals surface area (Å²) in [4.78, 5) is 13.8. The molecule has 0 radical (unpaired) electrons. The fraction of sp³-hybridized carbons (Fsp3) is 0.938. The van der Waals surface area contributed by atoms with Crippen LogP contribution in [0.2, 0.25) is 0 Å². The van der Waals surface area contributed by atoms with E-state index in [1.807, 2.05) is 11.8 Å².